The van der Waals surface area contributed by atoms with Crippen molar-refractivity contribution in [2.24, 2.45) is 0 Å². The maximum absolute atomic E-state index is 5.69. The average Bonchev–Trinajstić information content (AvgIpc) is 1.87. The summed E-state index contributed by atoms with van der Waals surface area (Å²) in [6.45, 7) is 0. The van der Waals surface area contributed by atoms with E-state index in [2.05, 4.69) is 22.0 Å². The van der Waals surface area contributed by atoms with E-state index in [-0.39, 0.29) is 5.38 Å². The van der Waals surface area contributed by atoms with Crippen LogP contribution in [-0.2, 0) is 0 Å². The lowest BCUT2D eigenvalue weighted by Crippen LogP contribution is -1.91. The SMILES string of the molecule is Cl[C@H]1C=C[C@@H](Br)C1. The van der Waals surface area contributed by atoms with Gasteiger partial charge >= 0.3 is 0 Å². The largest absolute Gasteiger partial charge is 0.118 e. The molecule has 0 aromatic heterocycles. The van der Waals surface area contributed by atoms with Crippen LogP contribution in [0.5, 0.6) is 0 Å². The summed E-state index contributed by atoms with van der Waals surface area (Å²) in [6, 6.07) is 0. The molecule has 1 aliphatic rings. The number of halogens is 2. The van der Waals surface area contributed by atoms with Crippen molar-refractivity contribution in [3.8, 4) is 0 Å². The van der Waals surface area contributed by atoms with E-state index in [0.29, 0.717) is 4.83 Å². The summed E-state index contributed by atoms with van der Waals surface area (Å²) >= 11 is 9.10. The average molecular weight is 181 g/mol. The van der Waals surface area contributed by atoms with Crippen LogP contribution in [0.3, 0.4) is 0 Å². The van der Waals surface area contributed by atoms with E-state index in [1.54, 1.807) is 0 Å². The summed E-state index contributed by atoms with van der Waals surface area (Å²) in [6.07, 6.45) is 5.14. The molecule has 0 saturated heterocycles. The summed E-state index contributed by atoms with van der Waals surface area (Å²) in [4.78, 5) is 0.523. The molecule has 0 N–H and O–H groups in total. The summed E-state index contributed by atoms with van der Waals surface area (Å²) < 4.78 is 0. The zero-order valence-corrected chi connectivity index (χ0v) is 6.11. The first-order chi connectivity index (χ1) is 3.29. The molecule has 1 rings (SSSR count). The highest BCUT2D eigenvalue weighted by Crippen LogP contribution is 2.21. The van der Waals surface area contributed by atoms with Crippen LogP contribution in [0.2, 0.25) is 0 Å². The summed E-state index contributed by atoms with van der Waals surface area (Å²) in [5.41, 5.74) is 0. The molecule has 0 heterocycles. The fourth-order valence-electron chi connectivity index (χ4n) is 0.613. The molecule has 0 bridgehead atoms. The molecule has 40 valence electrons. The van der Waals surface area contributed by atoms with Crippen molar-refractivity contribution in [3.63, 3.8) is 0 Å². The van der Waals surface area contributed by atoms with Crippen LogP contribution in [0.25, 0.3) is 0 Å². The third-order valence-electron chi connectivity index (χ3n) is 0.979. The van der Waals surface area contributed by atoms with Gasteiger partial charge in [0.2, 0.25) is 0 Å². The number of hydrogen-bond donors (Lipinski definition) is 0. The minimum absolute atomic E-state index is 0.268. The van der Waals surface area contributed by atoms with Gasteiger partial charge in [-0.15, -0.1) is 11.6 Å². The predicted octanol–water partition coefficient (Wildman–Crippen LogP) is 2.32. The Hall–Kier alpha value is 0.510. The van der Waals surface area contributed by atoms with Gasteiger partial charge in [0.1, 0.15) is 0 Å². The Morgan fingerprint density at radius 3 is 2.43 bits per heavy atom. The van der Waals surface area contributed by atoms with E-state index >= 15 is 0 Å². The fraction of sp³-hybridized carbons (Fsp3) is 0.600. The molecular weight excluding hydrogens is 175 g/mol. The van der Waals surface area contributed by atoms with Gasteiger partial charge in [-0.25, -0.2) is 0 Å². The van der Waals surface area contributed by atoms with Gasteiger partial charge in [0, 0.05) is 4.83 Å². The Labute approximate surface area is 56.7 Å². The fourth-order valence-corrected chi connectivity index (χ4v) is 1.68. The molecule has 0 spiro atoms. The first-order valence-corrected chi connectivity index (χ1v) is 3.61. The van der Waals surface area contributed by atoms with Gasteiger partial charge in [-0.05, 0) is 6.42 Å². The Morgan fingerprint density at radius 1 is 1.57 bits per heavy atom. The number of rotatable bonds is 0. The molecule has 0 fully saturated rings. The zero-order valence-electron chi connectivity index (χ0n) is 3.77. The van der Waals surface area contributed by atoms with E-state index in [1.165, 1.54) is 0 Å². The summed E-state index contributed by atoms with van der Waals surface area (Å²) in [7, 11) is 0. The van der Waals surface area contributed by atoms with Crippen LogP contribution in [0.1, 0.15) is 6.42 Å². The minimum Gasteiger partial charge on any atom is -0.118 e. The van der Waals surface area contributed by atoms with E-state index in [1.807, 2.05) is 6.08 Å². The zero-order chi connectivity index (χ0) is 5.28. The van der Waals surface area contributed by atoms with E-state index in [0.717, 1.165) is 6.42 Å². The van der Waals surface area contributed by atoms with Gasteiger partial charge in [-0.1, -0.05) is 28.1 Å². The Balaban J connectivity index is 2.42. The highest BCUT2D eigenvalue weighted by molar-refractivity contribution is 9.09. The monoisotopic (exact) mass is 180 g/mol. The predicted molar refractivity (Wildman–Crippen MR) is 36.1 cm³/mol. The highest BCUT2D eigenvalue weighted by Gasteiger charge is 2.12. The third-order valence-corrected chi connectivity index (χ3v) is 1.98. The van der Waals surface area contributed by atoms with Gasteiger partial charge in [0.25, 0.3) is 0 Å². The molecule has 2 heteroatoms. The van der Waals surface area contributed by atoms with Gasteiger partial charge in [-0.3, -0.25) is 0 Å². The van der Waals surface area contributed by atoms with E-state index in [4.69, 9.17) is 11.6 Å². The number of alkyl halides is 2. The van der Waals surface area contributed by atoms with Gasteiger partial charge in [0.05, 0.1) is 5.38 Å². The molecule has 0 amide bonds. The Bertz CT molecular complexity index is 80.1. The normalized spacial score (nSPS) is 39.7. The molecular formula is C5H6BrCl. The molecule has 7 heavy (non-hydrogen) atoms. The first kappa shape index (κ1) is 5.64. The van der Waals surface area contributed by atoms with Crippen molar-refractivity contribution >= 4 is 27.5 Å². The van der Waals surface area contributed by atoms with Crippen molar-refractivity contribution in [2.45, 2.75) is 16.6 Å². The molecule has 0 unspecified atom stereocenters. The lowest BCUT2D eigenvalue weighted by atomic mass is 10.4. The first-order valence-electron chi connectivity index (χ1n) is 2.25. The van der Waals surface area contributed by atoms with Crippen LogP contribution in [0.4, 0.5) is 0 Å². The molecule has 0 aliphatic heterocycles. The van der Waals surface area contributed by atoms with Crippen molar-refractivity contribution in [1.82, 2.24) is 0 Å². The second-order valence-electron chi connectivity index (χ2n) is 1.65. The number of hydrogen-bond acceptors (Lipinski definition) is 0. The highest BCUT2D eigenvalue weighted by atomic mass is 79.9. The van der Waals surface area contributed by atoms with E-state index in [9.17, 15) is 0 Å². The second-order valence-corrected chi connectivity index (χ2v) is 3.39. The molecule has 0 aromatic rings. The van der Waals surface area contributed by atoms with Crippen LogP contribution in [-0.4, -0.2) is 10.2 Å². The quantitative estimate of drug-likeness (QED) is 0.397. The molecule has 0 nitrogen and oxygen atoms in total. The van der Waals surface area contributed by atoms with Crippen LogP contribution in [0, 0.1) is 0 Å². The number of allylic oxidation sites excluding steroid dienone is 2. The minimum atomic E-state index is 0.268. The van der Waals surface area contributed by atoms with Gasteiger partial charge in [0.15, 0.2) is 0 Å². The lowest BCUT2D eigenvalue weighted by Gasteiger charge is -1.93. The topological polar surface area (TPSA) is 0 Å². The molecule has 0 saturated carbocycles. The molecule has 1 aliphatic carbocycles. The lowest BCUT2D eigenvalue weighted by molar-refractivity contribution is 0.962. The van der Waals surface area contributed by atoms with Gasteiger partial charge < -0.3 is 0 Å². The van der Waals surface area contributed by atoms with Crippen molar-refractivity contribution in [3.05, 3.63) is 12.2 Å². The Morgan fingerprint density at radius 2 is 2.29 bits per heavy atom. The van der Waals surface area contributed by atoms with Gasteiger partial charge in [-0.2, -0.15) is 0 Å². The summed E-state index contributed by atoms with van der Waals surface area (Å²) in [5.74, 6) is 0. The molecule has 2 atom stereocenters. The van der Waals surface area contributed by atoms with E-state index < -0.39 is 0 Å². The van der Waals surface area contributed by atoms with Crippen molar-refractivity contribution in [2.75, 3.05) is 0 Å². The summed E-state index contributed by atoms with van der Waals surface area (Å²) in [5, 5.41) is 0.268. The van der Waals surface area contributed by atoms with Crippen LogP contribution < -0.4 is 0 Å². The van der Waals surface area contributed by atoms with Crippen LogP contribution in [0.15, 0.2) is 12.2 Å². The smallest absolute Gasteiger partial charge is 0.0530 e. The standard InChI is InChI=1S/C5H6BrCl/c6-4-1-2-5(7)3-4/h1-2,4-5H,3H2/t4-,5+/m1/s1. The maximum atomic E-state index is 5.69. The Kier molecular flexibility index (Phi) is 1.76. The van der Waals surface area contributed by atoms with Crippen molar-refractivity contribution < 1.29 is 0 Å². The van der Waals surface area contributed by atoms with Crippen molar-refractivity contribution in [1.29, 1.82) is 0 Å². The van der Waals surface area contributed by atoms with Crippen LogP contribution >= 0.6 is 27.5 Å². The second kappa shape index (κ2) is 2.19. The molecule has 0 aromatic carbocycles. The molecule has 0 radical (unpaired) electrons. The third kappa shape index (κ3) is 1.46. The maximum Gasteiger partial charge on any atom is 0.0530 e.